The Balaban J connectivity index is -0.000000481. The van der Waals surface area contributed by atoms with Crippen molar-refractivity contribution in [2.45, 2.75) is 192 Å². The summed E-state index contributed by atoms with van der Waals surface area (Å²) in [7, 11) is 0. The van der Waals surface area contributed by atoms with Crippen LogP contribution < -0.4 is 0 Å². The van der Waals surface area contributed by atoms with Gasteiger partial charge in [-0.05, 0) is 12.8 Å². The van der Waals surface area contributed by atoms with E-state index >= 15 is 0 Å². The Bertz CT molecular complexity index is 391. The second-order valence-electron chi connectivity index (χ2n) is 10.5. The van der Waals surface area contributed by atoms with Gasteiger partial charge in [0, 0.05) is 12.8 Å². The topological polar surface area (TPSA) is 74.6 Å². The zero-order valence-corrected chi connectivity index (χ0v) is 28.7. The van der Waals surface area contributed by atoms with Crippen LogP contribution in [0.4, 0.5) is 0 Å². The molecule has 0 unspecified atom stereocenters. The summed E-state index contributed by atoms with van der Waals surface area (Å²) in [6.07, 6.45) is 31.7. The first-order chi connectivity index (χ1) is 18.0. The Kier molecular flexibility index (Phi) is 44.8. The van der Waals surface area contributed by atoms with Gasteiger partial charge >= 0.3 is 84.3 Å². The number of aliphatic carboxylic acids is 2. The minimum atomic E-state index is -0.659. The summed E-state index contributed by atoms with van der Waals surface area (Å²) in [6, 6.07) is 0. The zero-order chi connectivity index (χ0) is 28.2. The molecule has 2 N–H and O–H groups in total. The molecule has 2 radical (unpaired) electrons. The Morgan fingerprint density at radius 1 is 0.405 bits per heavy atom. The van der Waals surface area contributed by atoms with Crippen LogP contribution in [-0.4, -0.2) is 44.7 Å². The molecule has 0 spiro atoms. The third-order valence-electron chi connectivity index (χ3n) is 6.55. The summed E-state index contributed by atoms with van der Waals surface area (Å²) in [5, 5.41) is 16.8. The van der Waals surface area contributed by atoms with Gasteiger partial charge in [0.2, 0.25) is 0 Å². The quantitative estimate of drug-likeness (QED) is 0.0734. The molecule has 0 aromatic rings. The fourth-order valence-electron chi connectivity index (χ4n) is 4.10. The summed E-state index contributed by atoms with van der Waals surface area (Å²) in [5.74, 6) is -1.32. The molecule has 0 bridgehead atoms. The van der Waals surface area contributed by atoms with Crippen LogP contribution in [0.15, 0.2) is 0 Å². The third-order valence-corrected chi connectivity index (χ3v) is 7.71. The van der Waals surface area contributed by atoms with Crippen LogP contribution >= 0.6 is 0 Å². The van der Waals surface area contributed by atoms with Gasteiger partial charge in [-0.2, -0.15) is 0 Å². The Labute approximate surface area is 245 Å². The number of carbonyl (C=O) groups is 2. The molecule has 0 atom stereocenters. The summed E-state index contributed by atoms with van der Waals surface area (Å²) in [6.45, 7) is 6.73. The van der Waals surface area contributed by atoms with Crippen molar-refractivity contribution in [1.82, 2.24) is 0 Å². The molecule has 222 valence electrons. The van der Waals surface area contributed by atoms with E-state index in [1.165, 1.54) is 155 Å². The van der Waals surface area contributed by atoms with Crippen molar-refractivity contribution in [2.24, 2.45) is 0 Å². The average molecular weight is 634 g/mol. The van der Waals surface area contributed by atoms with E-state index in [0.29, 0.717) is 12.8 Å². The third kappa shape index (κ3) is 52.9. The predicted molar refractivity (Wildman–Crippen MR) is 164 cm³/mol. The van der Waals surface area contributed by atoms with E-state index in [4.69, 9.17) is 10.2 Å². The molecule has 0 fully saturated rings. The van der Waals surface area contributed by atoms with Crippen molar-refractivity contribution in [3.8, 4) is 0 Å². The second kappa shape index (κ2) is 40.2. The Morgan fingerprint density at radius 2 is 0.622 bits per heavy atom. The number of carboxylic acids is 2. The summed E-state index contributed by atoms with van der Waals surface area (Å²) >= 11 is 1.46. The van der Waals surface area contributed by atoms with E-state index in [1.807, 2.05) is 0 Å². The number of unbranched alkanes of at least 4 members (excludes halogenated alkanes) is 21. The van der Waals surface area contributed by atoms with Crippen molar-refractivity contribution in [2.75, 3.05) is 0 Å². The van der Waals surface area contributed by atoms with Crippen LogP contribution in [0, 0.1) is 0 Å². The van der Waals surface area contributed by atoms with Crippen LogP contribution in [0.2, 0.25) is 4.44 Å². The number of hydrogen-bond donors (Lipinski definition) is 2. The molecule has 0 rings (SSSR count). The SMILES string of the molecule is CCCCCCCCCCCC(=O)O.CCCCCCCCCCCC(=O)O.CCCCCCC[CH2][SnH]. The monoisotopic (exact) mass is 634 g/mol. The molecular formula is C32H66O4Sn. The molecule has 0 aliphatic carbocycles. The molecule has 0 saturated heterocycles. The van der Waals surface area contributed by atoms with Crippen molar-refractivity contribution in [3.63, 3.8) is 0 Å². The first kappa shape index (κ1) is 41.2. The molecule has 37 heavy (non-hydrogen) atoms. The molecule has 0 aromatic heterocycles. The molecular weight excluding hydrogens is 567 g/mol. The van der Waals surface area contributed by atoms with Crippen LogP contribution in [0.3, 0.4) is 0 Å². The number of carboxylic acid groups (broad SMARTS) is 2. The normalized spacial score (nSPS) is 10.3. The standard InChI is InChI=1S/2C12H24O2.C8H17.Sn.H/c2*1-2-3-4-5-6-7-8-9-10-11-12(13)14;1-3-5-7-8-6-4-2;;/h2*2-11H2,1H3,(H,13,14);1,3-8H2,2H3;;. The van der Waals surface area contributed by atoms with Gasteiger partial charge in [-0.3, -0.25) is 9.59 Å². The Hall–Kier alpha value is -0.261. The first-order valence-electron chi connectivity index (χ1n) is 16.1. The molecule has 0 amide bonds. The van der Waals surface area contributed by atoms with E-state index in [2.05, 4.69) is 20.8 Å². The summed E-state index contributed by atoms with van der Waals surface area (Å²) in [4.78, 5) is 20.4. The zero-order valence-electron chi connectivity index (χ0n) is 25.4. The van der Waals surface area contributed by atoms with Crippen LogP contribution in [0.1, 0.15) is 188 Å². The van der Waals surface area contributed by atoms with Crippen molar-refractivity contribution >= 4 is 34.5 Å². The van der Waals surface area contributed by atoms with Gasteiger partial charge in [0.05, 0.1) is 0 Å². The number of hydrogen-bond acceptors (Lipinski definition) is 2. The van der Waals surface area contributed by atoms with Gasteiger partial charge in [-0.1, -0.05) is 117 Å². The maximum absolute atomic E-state index is 10.2. The number of rotatable bonds is 26. The minimum absolute atomic E-state index is 0.343. The van der Waals surface area contributed by atoms with Gasteiger partial charge in [-0.25, -0.2) is 0 Å². The maximum atomic E-state index is 10.2. The van der Waals surface area contributed by atoms with Crippen molar-refractivity contribution < 1.29 is 19.8 Å². The molecule has 0 aromatic carbocycles. The van der Waals surface area contributed by atoms with Crippen molar-refractivity contribution in [3.05, 3.63) is 0 Å². The predicted octanol–water partition coefficient (Wildman–Crippen LogP) is 10.6. The summed E-state index contributed by atoms with van der Waals surface area (Å²) < 4.78 is 1.50. The van der Waals surface area contributed by atoms with Gasteiger partial charge in [0.25, 0.3) is 0 Å². The van der Waals surface area contributed by atoms with Crippen molar-refractivity contribution in [1.29, 1.82) is 0 Å². The molecule has 0 aliphatic heterocycles. The van der Waals surface area contributed by atoms with E-state index < -0.39 is 11.9 Å². The van der Waals surface area contributed by atoms with E-state index in [1.54, 1.807) is 0 Å². The van der Waals surface area contributed by atoms with Crippen LogP contribution in [-0.2, 0) is 9.59 Å². The average Bonchev–Trinajstić information content (AvgIpc) is 2.87. The second-order valence-corrected chi connectivity index (χ2v) is 12.1. The van der Waals surface area contributed by atoms with Crippen LogP contribution in [0.25, 0.3) is 0 Å². The van der Waals surface area contributed by atoms with E-state index in [0.717, 1.165) is 25.7 Å². The molecule has 5 heteroatoms. The van der Waals surface area contributed by atoms with Crippen LogP contribution in [0.5, 0.6) is 0 Å². The summed E-state index contributed by atoms with van der Waals surface area (Å²) in [5.41, 5.74) is 0. The molecule has 0 saturated carbocycles. The molecule has 0 aliphatic rings. The Morgan fingerprint density at radius 3 is 0.838 bits per heavy atom. The van der Waals surface area contributed by atoms with Gasteiger partial charge < -0.3 is 10.2 Å². The van der Waals surface area contributed by atoms with Gasteiger partial charge in [0.15, 0.2) is 0 Å². The van der Waals surface area contributed by atoms with Gasteiger partial charge in [0.1, 0.15) is 0 Å². The van der Waals surface area contributed by atoms with E-state index in [-0.39, 0.29) is 0 Å². The molecule has 4 nitrogen and oxygen atoms in total. The van der Waals surface area contributed by atoms with Gasteiger partial charge in [-0.15, -0.1) is 0 Å². The first-order valence-corrected chi connectivity index (χ1v) is 18.4. The fourth-order valence-corrected chi connectivity index (χ4v) is 4.92. The molecule has 0 heterocycles. The fraction of sp³-hybridized carbons (Fsp3) is 0.938. The van der Waals surface area contributed by atoms with E-state index in [9.17, 15) is 9.59 Å².